The quantitative estimate of drug-likeness (QED) is 0.619. The number of hydrogen-bond donors (Lipinski definition) is 1. The molecule has 0 saturated heterocycles. The molecule has 0 radical (unpaired) electrons. The molecule has 7 nitrogen and oxygen atoms in total. The van der Waals surface area contributed by atoms with Crippen molar-refractivity contribution in [3.8, 4) is 5.75 Å². The lowest BCUT2D eigenvalue weighted by atomic mass is 10.2. The summed E-state index contributed by atoms with van der Waals surface area (Å²) in [6, 6.07) is 1.23. The van der Waals surface area contributed by atoms with Gasteiger partial charge in [-0.3, -0.25) is 14.9 Å². The molecule has 1 fully saturated rings. The zero-order valence-electron chi connectivity index (χ0n) is 9.17. The topological polar surface area (TPSA) is 94.4 Å². The van der Waals surface area contributed by atoms with Crippen molar-refractivity contribution < 1.29 is 14.5 Å². The third kappa shape index (κ3) is 2.32. The van der Waals surface area contributed by atoms with E-state index in [9.17, 15) is 14.9 Å². The SMILES string of the molecule is CNC(=O)c1nccc([N+](=O)[O-])c1OC1CC1. The highest BCUT2D eigenvalue weighted by atomic mass is 16.6. The van der Waals surface area contributed by atoms with Crippen LogP contribution in [0.4, 0.5) is 5.69 Å². The van der Waals surface area contributed by atoms with E-state index < -0.39 is 10.8 Å². The van der Waals surface area contributed by atoms with Crippen molar-refractivity contribution in [2.24, 2.45) is 0 Å². The Morgan fingerprint density at radius 1 is 1.65 bits per heavy atom. The van der Waals surface area contributed by atoms with Crippen LogP contribution in [0, 0.1) is 10.1 Å². The summed E-state index contributed by atoms with van der Waals surface area (Å²) >= 11 is 0. The zero-order chi connectivity index (χ0) is 12.4. The van der Waals surface area contributed by atoms with Crippen LogP contribution < -0.4 is 10.1 Å². The van der Waals surface area contributed by atoms with E-state index in [0.29, 0.717) is 0 Å². The van der Waals surface area contributed by atoms with E-state index in [0.717, 1.165) is 12.8 Å². The first-order valence-electron chi connectivity index (χ1n) is 5.15. The van der Waals surface area contributed by atoms with Gasteiger partial charge in [0.25, 0.3) is 5.91 Å². The first-order valence-corrected chi connectivity index (χ1v) is 5.15. The van der Waals surface area contributed by atoms with Crippen molar-refractivity contribution >= 4 is 11.6 Å². The largest absolute Gasteiger partial charge is 0.482 e. The second-order valence-electron chi connectivity index (χ2n) is 3.66. The van der Waals surface area contributed by atoms with E-state index in [-0.39, 0.29) is 23.2 Å². The minimum Gasteiger partial charge on any atom is -0.482 e. The molecule has 1 saturated carbocycles. The predicted molar refractivity (Wildman–Crippen MR) is 57.9 cm³/mol. The summed E-state index contributed by atoms with van der Waals surface area (Å²) in [6.45, 7) is 0. The molecule has 2 rings (SSSR count). The molecule has 17 heavy (non-hydrogen) atoms. The monoisotopic (exact) mass is 237 g/mol. The number of pyridine rings is 1. The highest BCUT2D eigenvalue weighted by Gasteiger charge is 2.31. The molecule has 90 valence electrons. The molecular weight excluding hydrogens is 226 g/mol. The number of amides is 1. The van der Waals surface area contributed by atoms with Gasteiger partial charge in [-0.05, 0) is 12.8 Å². The third-order valence-electron chi connectivity index (χ3n) is 2.33. The second-order valence-corrected chi connectivity index (χ2v) is 3.66. The maximum atomic E-state index is 11.5. The number of nitrogens with one attached hydrogen (secondary N) is 1. The fourth-order valence-corrected chi connectivity index (χ4v) is 1.33. The fourth-order valence-electron chi connectivity index (χ4n) is 1.33. The average Bonchev–Trinajstić information content (AvgIpc) is 3.12. The van der Waals surface area contributed by atoms with E-state index >= 15 is 0 Å². The van der Waals surface area contributed by atoms with Gasteiger partial charge in [-0.1, -0.05) is 0 Å². The smallest absolute Gasteiger partial charge is 0.315 e. The Labute approximate surface area is 96.9 Å². The van der Waals surface area contributed by atoms with Crippen molar-refractivity contribution in [2.75, 3.05) is 7.05 Å². The molecule has 1 aliphatic rings. The van der Waals surface area contributed by atoms with E-state index in [2.05, 4.69) is 10.3 Å². The number of nitro groups is 1. The van der Waals surface area contributed by atoms with Gasteiger partial charge >= 0.3 is 5.69 Å². The second kappa shape index (κ2) is 4.36. The normalized spacial score (nSPS) is 14.2. The van der Waals surface area contributed by atoms with E-state index in [1.807, 2.05) is 0 Å². The molecule has 1 aliphatic carbocycles. The molecular formula is C10H11N3O4. The van der Waals surface area contributed by atoms with Crippen LogP contribution in [-0.4, -0.2) is 29.0 Å². The van der Waals surface area contributed by atoms with Crippen LogP contribution in [0.15, 0.2) is 12.3 Å². The number of carbonyl (C=O) groups is 1. The Hall–Kier alpha value is -2.18. The standard InChI is InChI=1S/C10H11N3O4/c1-11-10(14)8-9(17-6-2-3-6)7(13(15)16)4-5-12-8/h4-6H,2-3H2,1H3,(H,11,14). The van der Waals surface area contributed by atoms with Crippen molar-refractivity contribution in [1.29, 1.82) is 0 Å². The molecule has 1 aromatic rings. The van der Waals surface area contributed by atoms with E-state index in [1.54, 1.807) is 0 Å². The van der Waals surface area contributed by atoms with Gasteiger partial charge in [-0.2, -0.15) is 0 Å². The summed E-state index contributed by atoms with van der Waals surface area (Å²) in [7, 11) is 1.43. The summed E-state index contributed by atoms with van der Waals surface area (Å²) < 4.78 is 5.41. The van der Waals surface area contributed by atoms with Gasteiger partial charge in [-0.25, -0.2) is 4.98 Å². The molecule has 1 heterocycles. The van der Waals surface area contributed by atoms with E-state index in [1.165, 1.54) is 19.3 Å². The van der Waals surface area contributed by atoms with Gasteiger partial charge in [-0.15, -0.1) is 0 Å². The Morgan fingerprint density at radius 2 is 2.35 bits per heavy atom. The number of carbonyl (C=O) groups excluding carboxylic acids is 1. The highest BCUT2D eigenvalue weighted by Crippen LogP contribution is 2.35. The lowest BCUT2D eigenvalue weighted by Crippen LogP contribution is -2.21. The fraction of sp³-hybridized carbons (Fsp3) is 0.400. The number of rotatable bonds is 4. The van der Waals surface area contributed by atoms with Crippen LogP contribution in [-0.2, 0) is 0 Å². The number of hydrogen-bond acceptors (Lipinski definition) is 5. The maximum Gasteiger partial charge on any atom is 0.315 e. The summed E-state index contributed by atoms with van der Waals surface area (Å²) in [5, 5.41) is 13.2. The molecule has 1 aromatic heterocycles. The van der Waals surface area contributed by atoms with Crippen LogP contribution in [0.1, 0.15) is 23.3 Å². The molecule has 1 N–H and O–H groups in total. The molecule has 7 heteroatoms. The summed E-state index contributed by atoms with van der Waals surface area (Å²) in [6.07, 6.45) is 2.88. The molecule has 0 atom stereocenters. The molecule has 0 aromatic carbocycles. The molecule has 1 amide bonds. The zero-order valence-corrected chi connectivity index (χ0v) is 9.17. The predicted octanol–water partition coefficient (Wildman–Crippen LogP) is 0.891. The van der Waals surface area contributed by atoms with Crippen LogP contribution in [0.5, 0.6) is 5.75 Å². The van der Waals surface area contributed by atoms with Gasteiger partial charge in [0.05, 0.1) is 11.0 Å². The Kier molecular flexibility index (Phi) is 2.90. The highest BCUT2D eigenvalue weighted by molar-refractivity contribution is 5.96. The average molecular weight is 237 g/mol. The van der Waals surface area contributed by atoms with Crippen molar-refractivity contribution in [3.63, 3.8) is 0 Å². The number of ether oxygens (including phenoxy) is 1. The molecule has 0 unspecified atom stereocenters. The Bertz CT molecular complexity index is 471. The molecule has 0 bridgehead atoms. The summed E-state index contributed by atoms with van der Waals surface area (Å²) in [5.74, 6) is -0.538. The van der Waals surface area contributed by atoms with Crippen molar-refractivity contribution in [2.45, 2.75) is 18.9 Å². The minimum atomic E-state index is -0.578. The maximum absolute atomic E-state index is 11.5. The van der Waals surface area contributed by atoms with Gasteiger partial charge < -0.3 is 10.1 Å². The Morgan fingerprint density at radius 3 is 2.88 bits per heavy atom. The van der Waals surface area contributed by atoms with Crippen LogP contribution >= 0.6 is 0 Å². The van der Waals surface area contributed by atoms with Crippen LogP contribution in [0.2, 0.25) is 0 Å². The minimum absolute atomic E-state index is 0.0405. The Balaban J connectivity index is 2.45. The first kappa shape index (κ1) is 11.3. The number of aromatic nitrogens is 1. The van der Waals surface area contributed by atoms with E-state index in [4.69, 9.17) is 4.74 Å². The molecule has 0 spiro atoms. The van der Waals surface area contributed by atoms with Gasteiger partial charge in [0.1, 0.15) is 0 Å². The lowest BCUT2D eigenvalue weighted by molar-refractivity contribution is -0.386. The van der Waals surface area contributed by atoms with Gasteiger partial charge in [0.15, 0.2) is 5.69 Å². The van der Waals surface area contributed by atoms with Crippen molar-refractivity contribution in [1.82, 2.24) is 10.3 Å². The lowest BCUT2D eigenvalue weighted by Gasteiger charge is -2.08. The van der Waals surface area contributed by atoms with Crippen LogP contribution in [0.25, 0.3) is 0 Å². The van der Waals surface area contributed by atoms with Gasteiger partial charge in [0, 0.05) is 19.3 Å². The van der Waals surface area contributed by atoms with Crippen LogP contribution in [0.3, 0.4) is 0 Å². The first-order chi connectivity index (χ1) is 8.13. The third-order valence-corrected chi connectivity index (χ3v) is 2.33. The van der Waals surface area contributed by atoms with Gasteiger partial charge in [0.2, 0.25) is 5.75 Å². The number of nitrogens with zero attached hydrogens (tertiary/aromatic N) is 2. The van der Waals surface area contributed by atoms with Crippen molar-refractivity contribution in [3.05, 3.63) is 28.1 Å². The summed E-state index contributed by atoms with van der Waals surface area (Å²) in [4.78, 5) is 25.6. The summed E-state index contributed by atoms with van der Waals surface area (Å²) in [5.41, 5.74) is -0.279. The molecule has 0 aliphatic heterocycles.